The molecular formula is C37H30. The highest BCUT2D eigenvalue weighted by molar-refractivity contribution is 5.82. The van der Waals surface area contributed by atoms with Crippen molar-refractivity contribution in [3.05, 3.63) is 172 Å². The molecule has 0 nitrogen and oxygen atoms in total. The summed E-state index contributed by atoms with van der Waals surface area (Å²) in [5, 5.41) is 0. The van der Waals surface area contributed by atoms with Gasteiger partial charge in [-0.3, -0.25) is 0 Å². The van der Waals surface area contributed by atoms with Gasteiger partial charge in [0.05, 0.1) is 0 Å². The number of hydrogen-bond acceptors (Lipinski definition) is 0. The van der Waals surface area contributed by atoms with Gasteiger partial charge in [-0.25, -0.2) is 0 Å². The molecule has 0 bridgehead atoms. The number of allylic oxidation sites excluding steroid dienone is 1. The second-order valence-electron chi connectivity index (χ2n) is 10.7. The van der Waals surface area contributed by atoms with Gasteiger partial charge in [0.2, 0.25) is 0 Å². The molecule has 0 heteroatoms. The maximum absolute atomic E-state index is 2.47. The maximum atomic E-state index is 2.47. The first-order valence-electron chi connectivity index (χ1n) is 13.3. The van der Waals surface area contributed by atoms with Crippen LogP contribution in [0, 0.1) is 13.8 Å². The molecule has 2 aliphatic carbocycles. The summed E-state index contributed by atoms with van der Waals surface area (Å²) in [5.41, 5.74) is 13.4. The van der Waals surface area contributed by atoms with Crippen LogP contribution in [0.25, 0.3) is 17.2 Å². The molecule has 0 saturated carbocycles. The number of benzene rings is 5. The van der Waals surface area contributed by atoms with E-state index >= 15 is 0 Å². The summed E-state index contributed by atoms with van der Waals surface area (Å²) in [7, 11) is 0. The predicted octanol–water partition coefficient (Wildman–Crippen LogP) is 9.21. The Bertz CT molecular complexity index is 1550. The van der Waals surface area contributed by atoms with Crippen LogP contribution in [0.15, 0.2) is 127 Å². The lowest BCUT2D eigenvalue weighted by molar-refractivity contribution is 0.416. The molecule has 0 saturated heterocycles. The standard InChI is InChI=1S/C37H30/c1-25-17-20-31-32-21-18-26(2)24-34(32)36(33(31)23-25)37(28-12-5-3-6-13-28,29-14-7-4-8-15-29)35-22-19-27-11-9-10-16-30(27)35/h3-24,35-36H,1-2H3. The zero-order valence-corrected chi connectivity index (χ0v) is 21.4. The summed E-state index contributed by atoms with van der Waals surface area (Å²) >= 11 is 0. The molecular weight excluding hydrogens is 444 g/mol. The van der Waals surface area contributed by atoms with Crippen LogP contribution in [-0.4, -0.2) is 0 Å². The molecule has 0 fully saturated rings. The van der Waals surface area contributed by atoms with Gasteiger partial charge in [0.1, 0.15) is 0 Å². The van der Waals surface area contributed by atoms with E-state index in [1.54, 1.807) is 0 Å². The van der Waals surface area contributed by atoms with Crippen molar-refractivity contribution < 1.29 is 0 Å². The van der Waals surface area contributed by atoms with Gasteiger partial charge in [-0.05, 0) is 58.4 Å². The van der Waals surface area contributed by atoms with Gasteiger partial charge in [-0.1, -0.05) is 145 Å². The van der Waals surface area contributed by atoms with Crippen molar-refractivity contribution in [3.8, 4) is 11.1 Å². The van der Waals surface area contributed by atoms with Gasteiger partial charge < -0.3 is 0 Å². The zero-order valence-electron chi connectivity index (χ0n) is 21.4. The maximum Gasteiger partial charge on any atom is 0.0415 e. The van der Waals surface area contributed by atoms with Gasteiger partial charge in [-0.2, -0.15) is 0 Å². The molecule has 0 aromatic heterocycles. The summed E-state index contributed by atoms with van der Waals surface area (Å²) in [6, 6.07) is 45.6. The second-order valence-corrected chi connectivity index (χ2v) is 10.7. The Labute approximate surface area is 220 Å². The highest BCUT2D eigenvalue weighted by atomic mass is 14.5. The minimum Gasteiger partial charge on any atom is -0.0751 e. The van der Waals surface area contributed by atoms with Gasteiger partial charge in [0, 0.05) is 17.3 Å². The van der Waals surface area contributed by atoms with Crippen molar-refractivity contribution in [2.24, 2.45) is 0 Å². The molecule has 7 rings (SSSR count). The number of rotatable bonds is 4. The third-order valence-corrected chi connectivity index (χ3v) is 8.57. The van der Waals surface area contributed by atoms with Crippen LogP contribution in [0.5, 0.6) is 0 Å². The molecule has 5 aromatic rings. The molecule has 0 aliphatic heterocycles. The van der Waals surface area contributed by atoms with Gasteiger partial charge in [0.25, 0.3) is 0 Å². The lowest BCUT2D eigenvalue weighted by atomic mass is 9.55. The molecule has 0 heterocycles. The van der Waals surface area contributed by atoms with Gasteiger partial charge in [-0.15, -0.1) is 0 Å². The average Bonchev–Trinajstić information content (AvgIpc) is 3.50. The Morgan fingerprint density at radius 1 is 0.514 bits per heavy atom. The van der Waals surface area contributed by atoms with Crippen LogP contribution in [-0.2, 0) is 5.41 Å². The third kappa shape index (κ3) is 3.22. The van der Waals surface area contributed by atoms with E-state index in [0.29, 0.717) is 0 Å². The van der Waals surface area contributed by atoms with E-state index in [0.717, 1.165) is 0 Å². The molecule has 5 aromatic carbocycles. The van der Waals surface area contributed by atoms with Crippen molar-refractivity contribution in [2.75, 3.05) is 0 Å². The van der Waals surface area contributed by atoms with Gasteiger partial charge >= 0.3 is 0 Å². The highest BCUT2D eigenvalue weighted by Crippen LogP contribution is 2.63. The Morgan fingerprint density at radius 3 is 1.59 bits per heavy atom. The fraction of sp³-hybridized carbons (Fsp3) is 0.135. The summed E-state index contributed by atoms with van der Waals surface area (Å²) < 4.78 is 0. The topological polar surface area (TPSA) is 0 Å². The zero-order chi connectivity index (χ0) is 25.0. The van der Waals surface area contributed by atoms with Crippen LogP contribution in [0.3, 0.4) is 0 Å². The fourth-order valence-electron chi connectivity index (χ4n) is 7.10. The monoisotopic (exact) mass is 474 g/mol. The molecule has 0 spiro atoms. The van der Waals surface area contributed by atoms with Crippen LogP contribution < -0.4 is 0 Å². The van der Waals surface area contributed by atoms with Crippen molar-refractivity contribution in [1.29, 1.82) is 0 Å². The number of hydrogen-bond donors (Lipinski definition) is 0. The summed E-state index contributed by atoms with van der Waals surface area (Å²) in [6.45, 7) is 4.45. The quantitative estimate of drug-likeness (QED) is 0.243. The molecule has 1 atom stereocenters. The lowest BCUT2D eigenvalue weighted by Gasteiger charge is -2.46. The SMILES string of the molecule is Cc1ccc2c(c1)C(C(c1ccccc1)(c1ccccc1)C1C=Cc3ccccc31)c1cc(C)ccc1-2. The van der Waals surface area contributed by atoms with Crippen LogP contribution in [0.1, 0.15) is 56.3 Å². The molecule has 178 valence electrons. The predicted molar refractivity (Wildman–Crippen MR) is 155 cm³/mol. The van der Waals surface area contributed by atoms with E-state index in [9.17, 15) is 0 Å². The van der Waals surface area contributed by atoms with Crippen molar-refractivity contribution >= 4 is 6.08 Å². The number of fused-ring (bicyclic) bond motifs is 4. The second kappa shape index (κ2) is 8.46. The van der Waals surface area contributed by atoms with E-state index in [-0.39, 0.29) is 17.3 Å². The Morgan fingerprint density at radius 2 is 1.03 bits per heavy atom. The van der Waals surface area contributed by atoms with E-state index < -0.39 is 0 Å². The smallest absolute Gasteiger partial charge is 0.0415 e. The van der Waals surface area contributed by atoms with Crippen molar-refractivity contribution in [1.82, 2.24) is 0 Å². The molecule has 0 radical (unpaired) electrons. The fourth-order valence-corrected chi connectivity index (χ4v) is 7.10. The first-order chi connectivity index (χ1) is 18.2. The average molecular weight is 475 g/mol. The minimum atomic E-state index is -0.326. The minimum absolute atomic E-state index is 0.169. The third-order valence-electron chi connectivity index (χ3n) is 8.57. The lowest BCUT2D eigenvalue weighted by Crippen LogP contribution is -2.40. The normalized spacial score (nSPS) is 15.9. The van der Waals surface area contributed by atoms with Crippen molar-refractivity contribution in [2.45, 2.75) is 31.1 Å². The molecule has 2 aliphatic rings. The number of aryl methyl sites for hydroxylation is 2. The van der Waals surface area contributed by atoms with E-state index in [1.165, 1.54) is 55.6 Å². The summed E-state index contributed by atoms with van der Waals surface area (Å²) in [6.07, 6.45) is 4.80. The molecule has 0 N–H and O–H groups in total. The highest BCUT2D eigenvalue weighted by Gasteiger charge is 2.53. The van der Waals surface area contributed by atoms with E-state index in [4.69, 9.17) is 0 Å². The van der Waals surface area contributed by atoms with Crippen LogP contribution in [0.2, 0.25) is 0 Å². The summed E-state index contributed by atoms with van der Waals surface area (Å²) in [5.74, 6) is 0.362. The Balaban J connectivity index is 1.65. The van der Waals surface area contributed by atoms with Crippen molar-refractivity contribution in [3.63, 3.8) is 0 Å². The first-order valence-corrected chi connectivity index (χ1v) is 13.3. The molecule has 1 unspecified atom stereocenters. The first kappa shape index (κ1) is 22.1. The molecule has 37 heavy (non-hydrogen) atoms. The Kier molecular flexibility index (Phi) is 5.04. The van der Waals surface area contributed by atoms with E-state index in [2.05, 4.69) is 147 Å². The van der Waals surface area contributed by atoms with Gasteiger partial charge in [0.15, 0.2) is 0 Å². The Hall–Kier alpha value is -4.16. The van der Waals surface area contributed by atoms with E-state index in [1.807, 2.05) is 0 Å². The van der Waals surface area contributed by atoms with Crippen LogP contribution >= 0.6 is 0 Å². The summed E-state index contributed by atoms with van der Waals surface area (Å²) in [4.78, 5) is 0. The van der Waals surface area contributed by atoms with Crippen LogP contribution in [0.4, 0.5) is 0 Å². The largest absolute Gasteiger partial charge is 0.0751 e. The molecule has 0 amide bonds.